The van der Waals surface area contributed by atoms with Gasteiger partial charge >= 0.3 is 41.5 Å². The van der Waals surface area contributed by atoms with Crippen LogP contribution in [0.1, 0.15) is 110 Å². The first kappa shape index (κ1) is 32.2. The molecule has 0 aromatic rings. The van der Waals surface area contributed by atoms with E-state index in [0.29, 0.717) is 6.42 Å². The molecule has 0 amide bonds. The fraction of sp³-hybridized carbons (Fsp3) is 0.857. The van der Waals surface area contributed by atoms with E-state index in [9.17, 15) is 14.4 Å². The third kappa shape index (κ3) is 30.3. The molecule has 0 aliphatic rings. The molecule has 0 saturated heterocycles. The number of carboxylic acid groups (broad SMARTS) is 2. The van der Waals surface area contributed by atoms with Gasteiger partial charge in [0.05, 0.1) is 0 Å². The van der Waals surface area contributed by atoms with Crippen molar-refractivity contribution in [2.45, 2.75) is 116 Å². The molecule has 1 unspecified atom stereocenters. The van der Waals surface area contributed by atoms with Crippen molar-refractivity contribution in [3.63, 3.8) is 0 Å². The van der Waals surface area contributed by atoms with Crippen LogP contribution in [0, 0.1) is 0 Å². The Labute approximate surface area is 193 Å². The van der Waals surface area contributed by atoms with Crippen LogP contribution >= 0.6 is 0 Å². The number of carboxylic acids is 2. The second-order valence-corrected chi connectivity index (χ2v) is 7.01. The molecule has 0 aromatic carbocycles. The number of rotatable bonds is 18. The molecule has 0 spiro atoms. The maximum atomic E-state index is 9.99. The number of carbonyl (C=O) groups is 2. The second kappa shape index (κ2) is 26.6. The van der Waals surface area contributed by atoms with Gasteiger partial charge in [0.2, 0.25) is 0 Å². The minimum absolute atomic E-state index is 0. The summed E-state index contributed by atoms with van der Waals surface area (Å²) in [5.74, 6) is -2.20. The fourth-order valence-electron chi connectivity index (χ4n) is 2.62. The van der Waals surface area contributed by atoms with Gasteiger partial charge in [0, 0.05) is 6.42 Å². The minimum atomic E-state index is -1.17. The molecule has 160 valence electrons. The molecule has 0 heterocycles. The van der Waals surface area contributed by atoms with Gasteiger partial charge in [-0.1, -0.05) is 90.4 Å². The summed E-state index contributed by atoms with van der Waals surface area (Å²) in [7, 11) is 0. The molecule has 0 saturated carbocycles. The molecule has 6 nitrogen and oxygen atoms in total. The Hall–Kier alpha value is -0.430. The van der Waals surface area contributed by atoms with Gasteiger partial charge in [0.15, 0.2) is 0 Å². The summed E-state index contributed by atoms with van der Waals surface area (Å²) in [5.41, 5.74) is 5.00. The van der Waals surface area contributed by atoms with Gasteiger partial charge in [-0.15, -0.1) is 0 Å². The van der Waals surface area contributed by atoms with E-state index in [1.165, 1.54) is 77.0 Å². The van der Waals surface area contributed by atoms with Crippen molar-refractivity contribution in [2.75, 3.05) is 0 Å². The molecule has 0 aliphatic carbocycles. The summed E-state index contributed by atoms with van der Waals surface area (Å²) in [6, 6.07) is -1.06. The Balaban J connectivity index is -0.000000489. The van der Waals surface area contributed by atoms with Crippen molar-refractivity contribution < 1.29 is 54.2 Å². The molecule has 0 fully saturated rings. The maximum Gasteiger partial charge on any atom is 1.00 e. The average molecular weight is 410 g/mol. The van der Waals surface area contributed by atoms with Crippen LogP contribution in [0.2, 0.25) is 0 Å². The van der Waals surface area contributed by atoms with Crippen LogP contribution in [-0.4, -0.2) is 34.5 Å². The van der Waals surface area contributed by atoms with E-state index < -0.39 is 18.0 Å². The summed E-state index contributed by atoms with van der Waals surface area (Å²) >= 11 is 0. The first-order chi connectivity index (χ1) is 13.0. The summed E-state index contributed by atoms with van der Waals surface area (Å²) in [6.07, 6.45) is 20.0. The number of unbranched alkanes of at least 4 members (excludes halogenated alkanes) is 13. The molecule has 7 heteroatoms. The van der Waals surface area contributed by atoms with E-state index in [1.54, 1.807) is 0 Å². The van der Waals surface area contributed by atoms with Gasteiger partial charge in [-0.3, -0.25) is 15.9 Å². The van der Waals surface area contributed by atoms with Crippen LogP contribution in [0.4, 0.5) is 0 Å². The predicted octanol–water partition coefficient (Wildman–Crippen LogP) is 1.84. The van der Waals surface area contributed by atoms with Crippen molar-refractivity contribution in [1.29, 1.82) is 0 Å². The Kier molecular flexibility index (Phi) is 30.6. The SMILES string of the molecule is CCCCCCCCCCCCCCC[C-]=O.NC(CCC(=O)O)C(=O)O.[Na+]. The predicted molar refractivity (Wildman–Crippen MR) is 108 cm³/mol. The first-order valence-electron chi connectivity index (χ1n) is 10.5. The van der Waals surface area contributed by atoms with Gasteiger partial charge in [0.25, 0.3) is 0 Å². The van der Waals surface area contributed by atoms with Crippen LogP contribution in [0.15, 0.2) is 0 Å². The molecule has 0 aliphatic heterocycles. The van der Waals surface area contributed by atoms with Crippen LogP contribution in [0.25, 0.3) is 0 Å². The largest absolute Gasteiger partial charge is 1.00 e. The van der Waals surface area contributed by atoms with Crippen molar-refractivity contribution in [1.82, 2.24) is 0 Å². The molecule has 4 N–H and O–H groups in total. The quantitative estimate of drug-likeness (QED) is 0.181. The minimum Gasteiger partial charge on any atom is -0.542 e. The number of aliphatic carboxylic acids is 2. The number of carbonyl (C=O) groups excluding carboxylic acids is 1. The number of nitrogens with two attached hydrogens (primary N) is 1. The smallest absolute Gasteiger partial charge is 0.542 e. The Morgan fingerprint density at radius 3 is 1.54 bits per heavy atom. The van der Waals surface area contributed by atoms with E-state index in [-0.39, 0.29) is 42.4 Å². The Bertz CT molecular complexity index is 367. The van der Waals surface area contributed by atoms with Crippen LogP contribution in [0.3, 0.4) is 0 Å². The van der Waals surface area contributed by atoms with E-state index in [1.807, 2.05) is 6.29 Å². The average Bonchev–Trinajstić information content (AvgIpc) is 2.64. The zero-order valence-electron chi connectivity index (χ0n) is 18.1. The monoisotopic (exact) mass is 409 g/mol. The second-order valence-electron chi connectivity index (χ2n) is 7.01. The molecular formula is C21H40NNaO5. The van der Waals surface area contributed by atoms with Crippen molar-refractivity contribution in [2.24, 2.45) is 5.73 Å². The van der Waals surface area contributed by atoms with Crippen LogP contribution in [-0.2, 0) is 14.4 Å². The fourth-order valence-corrected chi connectivity index (χ4v) is 2.62. The standard InChI is InChI=1S/C16H31O.C5H9NO4.Na/c1-2-3-4-5-6-7-8-9-10-11-12-13-14-15-16-17;6-3(5(9)10)1-2-4(7)8;/h2-15H2,1H3;3H,1-2,6H2,(H,7,8)(H,9,10);/q-1;;+1. The number of hydrogen-bond acceptors (Lipinski definition) is 4. The van der Waals surface area contributed by atoms with E-state index in [2.05, 4.69) is 6.92 Å². The van der Waals surface area contributed by atoms with Crippen molar-refractivity contribution in [3.05, 3.63) is 0 Å². The molecular weight excluding hydrogens is 369 g/mol. The zero-order chi connectivity index (χ0) is 20.8. The topological polar surface area (TPSA) is 118 Å². The third-order valence-electron chi connectivity index (χ3n) is 4.37. The zero-order valence-corrected chi connectivity index (χ0v) is 20.1. The van der Waals surface area contributed by atoms with Gasteiger partial charge in [-0.05, 0) is 6.42 Å². The third-order valence-corrected chi connectivity index (χ3v) is 4.37. The summed E-state index contributed by atoms with van der Waals surface area (Å²) in [6.45, 7) is 2.27. The normalized spacial score (nSPS) is 10.9. The maximum absolute atomic E-state index is 9.99. The first-order valence-corrected chi connectivity index (χ1v) is 10.5. The van der Waals surface area contributed by atoms with Gasteiger partial charge in [-0.2, -0.15) is 6.42 Å². The summed E-state index contributed by atoms with van der Waals surface area (Å²) < 4.78 is 0. The Morgan fingerprint density at radius 1 is 0.821 bits per heavy atom. The van der Waals surface area contributed by atoms with Gasteiger partial charge < -0.3 is 20.7 Å². The molecule has 0 bridgehead atoms. The molecule has 1 atom stereocenters. The van der Waals surface area contributed by atoms with Crippen molar-refractivity contribution in [3.8, 4) is 0 Å². The summed E-state index contributed by atoms with van der Waals surface area (Å²) in [5, 5.41) is 16.3. The number of hydrogen-bond donors (Lipinski definition) is 3. The molecule has 0 aromatic heterocycles. The van der Waals surface area contributed by atoms with Crippen molar-refractivity contribution >= 4 is 18.2 Å². The molecule has 28 heavy (non-hydrogen) atoms. The van der Waals surface area contributed by atoms with Crippen LogP contribution in [0.5, 0.6) is 0 Å². The molecule has 0 rings (SSSR count). The van der Waals surface area contributed by atoms with E-state index >= 15 is 0 Å². The molecule has 0 radical (unpaired) electrons. The Morgan fingerprint density at radius 2 is 1.21 bits per heavy atom. The van der Waals surface area contributed by atoms with E-state index in [4.69, 9.17) is 15.9 Å². The van der Waals surface area contributed by atoms with E-state index in [0.717, 1.165) is 6.42 Å². The van der Waals surface area contributed by atoms with Crippen LogP contribution < -0.4 is 35.3 Å². The van der Waals surface area contributed by atoms with Gasteiger partial charge in [0.1, 0.15) is 6.04 Å². The van der Waals surface area contributed by atoms with Gasteiger partial charge in [-0.25, -0.2) is 0 Å². The summed E-state index contributed by atoms with van der Waals surface area (Å²) in [4.78, 5) is 29.9.